The summed E-state index contributed by atoms with van der Waals surface area (Å²) in [7, 11) is 1.56. The van der Waals surface area contributed by atoms with Crippen LogP contribution < -0.4 is 10.1 Å². The molecule has 0 spiro atoms. The number of anilines is 1. The molecule has 1 aromatic carbocycles. The van der Waals surface area contributed by atoms with Crippen LogP contribution >= 0.6 is 11.6 Å². The molecule has 1 aromatic rings. The number of ether oxygens (including phenoxy) is 1. The Morgan fingerprint density at radius 3 is 2.71 bits per heavy atom. The highest BCUT2D eigenvalue weighted by atomic mass is 35.5. The molecule has 3 nitrogen and oxygen atoms in total. The third-order valence-corrected chi connectivity index (χ3v) is 2.68. The van der Waals surface area contributed by atoms with Crippen molar-refractivity contribution in [3.05, 3.63) is 23.2 Å². The Morgan fingerprint density at radius 2 is 2.18 bits per heavy atom. The normalized spacial score (nSPS) is 10.4. The molecule has 0 atom stereocenters. The molecule has 0 unspecified atom stereocenters. The molecule has 1 rings (SSSR count). The molecule has 4 heteroatoms. The first-order chi connectivity index (χ1) is 8.02. The standard InChI is InChI=1S/C13H18ClNO2/c1-9(2)4-7-13(16)15-10-5-6-12(17-3)11(14)8-10/h5-6,8-9H,4,7H2,1-3H3,(H,15,16). The molecular weight excluding hydrogens is 238 g/mol. The van der Waals surface area contributed by atoms with E-state index in [0.29, 0.717) is 28.8 Å². The molecule has 0 aromatic heterocycles. The first-order valence-corrected chi connectivity index (χ1v) is 6.04. The minimum atomic E-state index is 0.0138. The lowest BCUT2D eigenvalue weighted by Crippen LogP contribution is -2.12. The van der Waals surface area contributed by atoms with Gasteiger partial charge in [0.2, 0.25) is 5.91 Å². The number of carbonyl (C=O) groups is 1. The molecule has 0 aliphatic heterocycles. The quantitative estimate of drug-likeness (QED) is 0.871. The summed E-state index contributed by atoms with van der Waals surface area (Å²) in [5.74, 6) is 1.15. The lowest BCUT2D eigenvalue weighted by Gasteiger charge is -2.08. The van der Waals surface area contributed by atoms with E-state index in [9.17, 15) is 4.79 Å². The van der Waals surface area contributed by atoms with Gasteiger partial charge in [-0.3, -0.25) is 4.79 Å². The number of hydrogen-bond acceptors (Lipinski definition) is 2. The summed E-state index contributed by atoms with van der Waals surface area (Å²) in [6.45, 7) is 4.19. The monoisotopic (exact) mass is 255 g/mol. The van der Waals surface area contributed by atoms with Crippen molar-refractivity contribution >= 4 is 23.2 Å². The van der Waals surface area contributed by atoms with Crippen molar-refractivity contribution < 1.29 is 9.53 Å². The second-order valence-corrected chi connectivity index (χ2v) is 4.74. The zero-order chi connectivity index (χ0) is 12.8. The summed E-state index contributed by atoms with van der Waals surface area (Å²) >= 11 is 5.96. The Labute approximate surface area is 107 Å². The average molecular weight is 256 g/mol. The predicted octanol–water partition coefficient (Wildman–Crippen LogP) is 3.72. The fourth-order valence-electron chi connectivity index (χ4n) is 1.39. The number of rotatable bonds is 5. The van der Waals surface area contributed by atoms with E-state index in [2.05, 4.69) is 19.2 Å². The van der Waals surface area contributed by atoms with E-state index in [1.54, 1.807) is 25.3 Å². The average Bonchev–Trinajstić information content (AvgIpc) is 2.26. The fourth-order valence-corrected chi connectivity index (χ4v) is 1.65. The topological polar surface area (TPSA) is 38.3 Å². The number of halogens is 1. The molecule has 94 valence electrons. The molecule has 0 bridgehead atoms. The van der Waals surface area contributed by atoms with Crippen LogP contribution in [0.15, 0.2) is 18.2 Å². The van der Waals surface area contributed by atoms with Gasteiger partial charge in [0.15, 0.2) is 0 Å². The molecule has 0 radical (unpaired) electrons. The Morgan fingerprint density at radius 1 is 1.47 bits per heavy atom. The molecule has 0 saturated carbocycles. The van der Waals surface area contributed by atoms with E-state index in [0.717, 1.165) is 6.42 Å². The molecule has 1 N–H and O–H groups in total. The highest BCUT2D eigenvalue weighted by Gasteiger charge is 2.06. The van der Waals surface area contributed by atoms with Crippen LogP contribution in [0, 0.1) is 5.92 Å². The van der Waals surface area contributed by atoms with Crippen LogP contribution in [0.2, 0.25) is 5.02 Å². The maximum absolute atomic E-state index is 11.6. The van der Waals surface area contributed by atoms with Crippen molar-refractivity contribution in [3.8, 4) is 5.75 Å². The number of benzene rings is 1. The number of carbonyl (C=O) groups excluding carboxylic acids is 1. The van der Waals surface area contributed by atoms with Crippen LogP contribution in [0.4, 0.5) is 5.69 Å². The van der Waals surface area contributed by atoms with E-state index < -0.39 is 0 Å². The van der Waals surface area contributed by atoms with Gasteiger partial charge in [-0.25, -0.2) is 0 Å². The molecule has 17 heavy (non-hydrogen) atoms. The molecular formula is C13H18ClNO2. The van der Waals surface area contributed by atoms with Crippen molar-refractivity contribution in [3.63, 3.8) is 0 Å². The molecule has 0 aliphatic rings. The van der Waals surface area contributed by atoms with Gasteiger partial charge in [0.05, 0.1) is 12.1 Å². The van der Waals surface area contributed by atoms with Gasteiger partial charge in [0.25, 0.3) is 0 Å². The van der Waals surface area contributed by atoms with Gasteiger partial charge in [-0.15, -0.1) is 0 Å². The molecule has 1 amide bonds. The first kappa shape index (κ1) is 13.8. The van der Waals surface area contributed by atoms with Crippen LogP contribution in [-0.2, 0) is 4.79 Å². The second-order valence-electron chi connectivity index (χ2n) is 4.33. The van der Waals surface area contributed by atoms with E-state index >= 15 is 0 Å². The van der Waals surface area contributed by atoms with Crippen LogP contribution in [0.25, 0.3) is 0 Å². The zero-order valence-corrected chi connectivity index (χ0v) is 11.2. The highest BCUT2D eigenvalue weighted by molar-refractivity contribution is 6.32. The van der Waals surface area contributed by atoms with Gasteiger partial charge in [0.1, 0.15) is 5.75 Å². The smallest absolute Gasteiger partial charge is 0.224 e. The maximum Gasteiger partial charge on any atom is 0.224 e. The van der Waals surface area contributed by atoms with E-state index in [4.69, 9.17) is 16.3 Å². The van der Waals surface area contributed by atoms with Crippen LogP contribution in [0.1, 0.15) is 26.7 Å². The summed E-state index contributed by atoms with van der Waals surface area (Å²) < 4.78 is 5.04. The first-order valence-electron chi connectivity index (χ1n) is 5.66. The Hall–Kier alpha value is -1.22. The summed E-state index contributed by atoms with van der Waals surface area (Å²) in [5, 5.41) is 3.31. The van der Waals surface area contributed by atoms with Gasteiger partial charge in [-0.2, -0.15) is 0 Å². The maximum atomic E-state index is 11.6. The summed E-state index contributed by atoms with van der Waals surface area (Å²) in [6.07, 6.45) is 1.41. The van der Waals surface area contributed by atoms with Crippen LogP contribution in [-0.4, -0.2) is 13.0 Å². The van der Waals surface area contributed by atoms with Crippen LogP contribution in [0.3, 0.4) is 0 Å². The minimum Gasteiger partial charge on any atom is -0.495 e. The number of methoxy groups -OCH3 is 1. The largest absolute Gasteiger partial charge is 0.495 e. The van der Waals surface area contributed by atoms with Gasteiger partial charge in [-0.1, -0.05) is 25.4 Å². The van der Waals surface area contributed by atoms with Crippen molar-refractivity contribution in [2.45, 2.75) is 26.7 Å². The van der Waals surface area contributed by atoms with Crippen LogP contribution in [0.5, 0.6) is 5.75 Å². The van der Waals surface area contributed by atoms with Gasteiger partial charge < -0.3 is 10.1 Å². The zero-order valence-electron chi connectivity index (χ0n) is 10.4. The third kappa shape index (κ3) is 4.65. The van der Waals surface area contributed by atoms with Crippen molar-refractivity contribution in [1.82, 2.24) is 0 Å². The van der Waals surface area contributed by atoms with Crippen molar-refractivity contribution in [2.24, 2.45) is 5.92 Å². The molecule has 0 aliphatic carbocycles. The number of amides is 1. The molecule has 0 heterocycles. The van der Waals surface area contributed by atoms with Gasteiger partial charge in [0, 0.05) is 12.1 Å². The predicted molar refractivity (Wildman–Crippen MR) is 70.7 cm³/mol. The molecule has 0 fully saturated rings. The summed E-state index contributed by atoms with van der Waals surface area (Å²) in [5.41, 5.74) is 0.699. The summed E-state index contributed by atoms with van der Waals surface area (Å²) in [6, 6.07) is 5.20. The lowest BCUT2D eigenvalue weighted by atomic mass is 10.1. The Bertz CT molecular complexity index is 391. The Balaban J connectivity index is 2.57. The van der Waals surface area contributed by atoms with E-state index in [1.807, 2.05) is 0 Å². The van der Waals surface area contributed by atoms with Gasteiger partial charge in [-0.05, 0) is 30.5 Å². The summed E-state index contributed by atoms with van der Waals surface area (Å²) in [4.78, 5) is 11.6. The number of hydrogen-bond donors (Lipinski definition) is 1. The fraction of sp³-hybridized carbons (Fsp3) is 0.462. The number of nitrogens with one attached hydrogen (secondary N) is 1. The second kappa shape index (κ2) is 6.50. The minimum absolute atomic E-state index is 0.0138. The van der Waals surface area contributed by atoms with Crippen molar-refractivity contribution in [2.75, 3.05) is 12.4 Å². The van der Waals surface area contributed by atoms with E-state index in [1.165, 1.54) is 0 Å². The Kier molecular flexibility index (Phi) is 5.29. The third-order valence-electron chi connectivity index (χ3n) is 2.38. The van der Waals surface area contributed by atoms with E-state index in [-0.39, 0.29) is 5.91 Å². The van der Waals surface area contributed by atoms with Gasteiger partial charge >= 0.3 is 0 Å². The lowest BCUT2D eigenvalue weighted by molar-refractivity contribution is -0.116. The van der Waals surface area contributed by atoms with Crippen molar-refractivity contribution in [1.29, 1.82) is 0 Å². The molecule has 0 saturated heterocycles. The SMILES string of the molecule is COc1ccc(NC(=O)CCC(C)C)cc1Cl. The highest BCUT2D eigenvalue weighted by Crippen LogP contribution is 2.27.